The predicted octanol–water partition coefficient (Wildman–Crippen LogP) is 4.33. The summed E-state index contributed by atoms with van der Waals surface area (Å²) in [6.07, 6.45) is 0. The van der Waals surface area contributed by atoms with Gasteiger partial charge in [0.25, 0.3) is 0 Å². The molecule has 0 amide bonds. The number of hydrogen-bond acceptors (Lipinski definition) is 6. The standard InChI is InChI=1S/C22H23NO6/c1-6-27-15-7-8-18-16(9-15)11(2)21(29-18)22(26)28-10-17(25)20-12(3)19(14(5)24)13(4)23-20/h7-9,23H,6,10H2,1-5H3. The molecule has 2 aromatic heterocycles. The van der Waals surface area contributed by atoms with Crippen molar-refractivity contribution in [3.05, 3.63) is 52.0 Å². The van der Waals surface area contributed by atoms with Crippen LogP contribution in [0, 0.1) is 20.8 Å². The Bertz CT molecular complexity index is 1120. The van der Waals surface area contributed by atoms with Crippen LogP contribution in [0.1, 0.15) is 62.1 Å². The average Bonchev–Trinajstić information content (AvgIpc) is 3.16. The lowest BCUT2D eigenvalue weighted by Crippen LogP contribution is -2.15. The van der Waals surface area contributed by atoms with Gasteiger partial charge in [0.05, 0.1) is 12.3 Å². The maximum atomic E-state index is 12.5. The third-order valence-corrected chi connectivity index (χ3v) is 4.81. The molecule has 2 heterocycles. The summed E-state index contributed by atoms with van der Waals surface area (Å²) in [5.74, 6) is -0.545. The monoisotopic (exact) mass is 397 g/mol. The molecule has 7 nitrogen and oxygen atoms in total. The van der Waals surface area contributed by atoms with Crippen LogP contribution in [0.5, 0.6) is 5.75 Å². The molecule has 0 aliphatic carbocycles. The number of aryl methyl sites for hydroxylation is 2. The van der Waals surface area contributed by atoms with Crippen molar-refractivity contribution in [3.8, 4) is 5.75 Å². The van der Waals surface area contributed by atoms with Gasteiger partial charge in [0.1, 0.15) is 11.3 Å². The number of hydrogen-bond donors (Lipinski definition) is 1. The summed E-state index contributed by atoms with van der Waals surface area (Å²) < 4.78 is 16.3. The molecule has 0 fully saturated rings. The molecular formula is C22H23NO6. The second kappa shape index (κ2) is 7.95. The topological polar surface area (TPSA) is 98.6 Å². The fourth-order valence-electron chi connectivity index (χ4n) is 3.48. The molecule has 0 bridgehead atoms. The molecule has 0 radical (unpaired) electrons. The van der Waals surface area contributed by atoms with E-state index in [-0.39, 0.29) is 17.2 Å². The molecule has 7 heteroatoms. The Morgan fingerprint density at radius 2 is 1.83 bits per heavy atom. The highest BCUT2D eigenvalue weighted by Crippen LogP contribution is 2.29. The summed E-state index contributed by atoms with van der Waals surface area (Å²) in [5.41, 5.74) is 3.07. The summed E-state index contributed by atoms with van der Waals surface area (Å²) in [6, 6.07) is 5.29. The molecular weight excluding hydrogens is 374 g/mol. The van der Waals surface area contributed by atoms with Crippen molar-refractivity contribution in [1.29, 1.82) is 0 Å². The quantitative estimate of drug-likeness (QED) is 0.471. The zero-order chi connectivity index (χ0) is 21.3. The average molecular weight is 397 g/mol. The minimum atomic E-state index is -0.724. The van der Waals surface area contributed by atoms with Crippen molar-refractivity contribution in [1.82, 2.24) is 4.98 Å². The number of ketones is 2. The molecule has 152 valence electrons. The van der Waals surface area contributed by atoms with Gasteiger partial charge < -0.3 is 18.9 Å². The number of aromatic amines is 1. The van der Waals surface area contributed by atoms with Crippen molar-refractivity contribution >= 4 is 28.5 Å². The van der Waals surface area contributed by atoms with E-state index >= 15 is 0 Å². The van der Waals surface area contributed by atoms with Crippen molar-refractivity contribution in [2.45, 2.75) is 34.6 Å². The van der Waals surface area contributed by atoms with Crippen LogP contribution in [0.15, 0.2) is 22.6 Å². The molecule has 3 aromatic rings. The fraction of sp³-hybridized carbons (Fsp3) is 0.318. The summed E-state index contributed by atoms with van der Waals surface area (Å²) >= 11 is 0. The zero-order valence-electron chi connectivity index (χ0n) is 17.1. The molecule has 1 N–H and O–H groups in total. The van der Waals surface area contributed by atoms with E-state index in [1.165, 1.54) is 6.92 Å². The first-order chi connectivity index (χ1) is 13.7. The van der Waals surface area contributed by atoms with Gasteiger partial charge in [-0.15, -0.1) is 0 Å². The number of furan rings is 1. The van der Waals surface area contributed by atoms with E-state index in [9.17, 15) is 14.4 Å². The second-order valence-electron chi connectivity index (χ2n) is 6.83. The van der Waals surface area contributed by atoms with Crippen molar-refractivity contribution in [2.24, 2.45) is 0 Å². The first kappa shape index (κ1) is 20.4. The van der Waals surface area contributed by atoms with Crippen LogP contribution in [0.3, 0.4) is 0 Å². The number of carbonyl (C=O) groups excluding carboxylic acids is 3. The number of ether oxygens (including phenoxy) is 2. The molecule has 0 aliphatic rings. The lowest BCUT2D eigenvalue weighted by molar-refractivity contribution is 0.0444. The molecule has 0 spiro atoms. The van der Waals surface area contributed by atoms with Crippen LogP contribution >= 0.6 is 0 Å². The number of H-pyrrole nitrogens is 1. The molecule has 1 aromatic carbocycles. The number of Topliss-reactive ketones (excluding diaryl/α,β-unsaturated/α-hetero) is 2. The van der Waals surface area contributed by atoms with E-state index in [1.807, 2.05) is 6.92 Å². The maximum absolute atomic E-state index is 12.5. The summed E-state index contributed by atoms with van der Waals surface area (Å²) in [7, 11) is 0. The van der Waals surface area contributed by atoms with Gasteiger partial charge in [-0.1, -0.05) is 0 Å². The Hall–Kier alpha value is -3.35. The van der Waals surface area contributed by atoms with Gasteiger partial charge in [-0.3, -0.25) is 9.59 Å². The van der Waals surface area contributed by atoms with Crippen LogP contribution in [0.4, 0.5) is 0 Å². The largest absolute Gasteiger partial charge is 0.494 e. The van der Waals surface area contributed by atoms with Gasteiger partial charge in [-0.05, 0) is 58.4 Å². The SMILES string of the molecule is CCOc1ccc2oc(C(=O)OCC(=O)c3[nH]c(C)c(C(C)=O)c3C)c(C)c2c1. The maximum Gasteiger partial charge on any atom is 0.375 e. The first-order valence-corrected chi connectivity index (χ1v) is 9.30. The summed E-state index contributed by atoms with van der Waals surface area (Å²) in [4.78, 5) is 39.6. The van der Waals surface area contributed by atoms with E-state index in [0.717, 1.165) is 5.39 Å². The van der Waals surface area contributed by atoms with Gasteiger partial charge in [0.2, 0.25) is 11.5 Å². The third-order valence-electron chi connectivity index (χ3n) is 4.81. The Morgan fingerprint density at radius 3 is 2.45 bits per heavy atom. The minimum Gasteiger partial charge on any atom is -0.494 e. The Labute approximate surface area is 168 Å². The lowest BCUT2D eigenvalue weighted by atomic mass is 10.1. The van der Waals surface area contributed by atoms with Gasteiger partial charge in [-0.2, -0.15) is 0 Å². The van der Waals surface area contributed by atoms with Crippen LogP contribution in [0.2, 0.25) is 0 Å². The summed E-state index contributed by atoms with van der Waals surface area (Å²) in [5, 5.41) is 0.746. The number of rotatable bonds is 7. The number of nitrogens with one attached hydrogen (secondary N) is 1. The number of esters is 1. The number of aromatic nitrogens is 1. The molecule has 0 aliphatic heterocycles. The number of benzene rings is 1. The van der Waals surface area contributed by atoms with Crippen molar-refractivity contribution in [2.75, 3.05) is 13.2 Å². The summed E-state index contributed by atoms with van der Waals surface area (Å²) in [6.45, 7) is 8.56. The Balaban J connectivity index is 1.77. The van der Waals surface area contributed by atoms with Crippen molar-refractivity contribution in [3.63, 3.8) is 0 Å². The number of carbonyl (C=O) groups is 3. The van der Waals surface area contributed by atoms with Gasteiger partial charge in [0.15, 0.2) is 12.4 Å². The molecule has 0 unspecified atom stereocenters. The normalized spacial score (nSPS) is 10.9. The third kappa shape index (κ3) is 3.81. The van der Waals surface area contributed by atoms with Crippen LogP contribution < -0.4 is 4.74 Å². The Morgan fingerprint density at radius 1 is 1.10 bits per heavy atom. The minimum absolute atomic E-state index is 0.0465. The lowest BCUT2D eigenvalue weighted by Gasteiger charge is -2.03. The Kier molecular flexibility index (Phi) is 5.59. The van der Waals surface area contributed by atoms with Crippen molar-refractivity contribution < 1.29 is 28.3 Å². The highest BCUT2D eigenvalue weighted by Gasteiger charge is 2.23. The number of fused-ring (bicyclic) bond motifs is 1. The fourth-order valence-corrected chi connectivity index (χ4v) is 3.48. The smallest absolute Gasteiger partial charge is 0.375 e. The van der Waals surface area contributed by atoms with E-state index in [0.29, 0.717) is 40.3 Å². The molecule has 29 heavy (non-hydrogen) atoms. The zero-order valence-corrected chi connectivity index (χ0v) is 17.1. The second-order valence-corrected chi connectivity index (χ2v) is 6.83. The van der Waals surface area contributed by atoms with Crippen LogP contribution in [0.25, 0.3) is 11.0 Å². The van der Waals surface area contributed by atoms with E-state index < -0.39 is 18.4 Å². The highest BCUT2D eigenvalue weighted by atomic mass is 16.5. The molecule has 0 saturated carbocycles. The van der Waals surface area contributed by atoms with E-state index in [4.69, 9.17) is 13.9 Å². The van der Waals surface area contributed by atoms with Gasteiger partial charge >= 0.3 is 5.97 Å². The molecule has 0 atom stereocenters. The van der Waals surface area contributed by atoms with E-state index in [1.54, 1.807) is 39.0 Å². The van der Waals surface area contributed by atoms with Gasteiger partial charge in [0, 0.05) is 22.2 Å². The molecule has 3 rings (SSSR count). The first-order valence-electron chi connectivity index (χ1n) is 9.30. The van der Waals surface area contributed by atoms with Crippen LogP contribution in [-0.4, -0.2) is 35.7 Å². The molecule has 0 saturated heterocycles. The highest BCUT2D eigenvalue weighted by molar-refractivity contribution is 6.04. The van der Waals surface area contributed by atoms with E-state index in [2.05, 4.69) is 4.98 Å². The predicted molar refractivity (Wildman–Crippen MR) is 107 cm³/mol. The van der Waals surface area contributed by atoms with Crippen LogP contribution in [-0.2, 0) is 4.74 Å². The van der Waals surface area contributed by atoms with Gasteiger partial charge in [-0.25, -0.2) is 4.79 Å².